The molecule has 1 fully saturated rings. The average molecular weight is 416 g/mol. The summed E-state index contributed by atoms with van der Waals surface area (Å²) in [5.41, 5.74) is 1.01. The SMILES string of the molecule is CC[C@@H](C(=O)N1CCN(c2cccc(Cl)c2)CC1)n1sc2ccccc2c1=O. The molecular weight excluding hydrogens is 394 g/mol. The number of carbonyl (C=O) groups excluding carboxylic acids is 1. The largest absolute Gasteiger partial charge is 0.368 e. The molecule has 2 aromatic carbocycles. The van der Waals surface area contributed by atoms with Gasteiger partial charge in [0, 0.05) is 36.9 Å². The molecule has 3 aromatic rings. The summed E-state index contributed by atoms with van der Waals surface area (Å²) in [6, 6.07) is 14.9. The maximum atomic E-state index is 13.2. The minimum absolute atomic E-state index is 0.0295. The molecule has 0 unspecified atom stereocenters. The number of rotatable bonds is 4. The second-order valence-electron chi connectivity index (χ2n) is 6.93. The van der Waals surface area contributed by atoms with Crippen molar-refractivity contribution in [1.82, 2.24) is 8.86 Å². The highest BCUT2D eigenvalue weighted by molar-refractivity contribution is 7.14. The van der Waals surface area contributed by atoms with E-state index in [1.807, 2.05) is 60.4 Å². The molecule has 0 N–H and O–H groups in total. The Labute approximate surface area is 172 Å². The minimum atomic E-state index is -0.442. The van der Waals surface area contributed by atoms with Gasteiger partial charge in [-0.25, -0.2) is 0 Å². The highest BCUT2D eigenvalue weighted by atomic mass is 35.5. The van der Waals surface area contributed by atoms with Gasteiger partial charge in [-0.15, -0.1) is 0 Å². The van der Waals surface area contributed by atoms with Crippen molar-refractivity contribution < 1.29 is 4.79 Å². The molecule has 1 saturated heterocycles. The standard InChI is InChI=1S/C21H22ClN3O2S/c1-2-18(25-20(26)17-8-3-4-9-19(17)28-25)21(27)24-12-10-23(11-13-24)16-7-5-6-15(22)14-16/h3-9,14,18H,2,10-13H2,1H3/t18-/m0/s1. The van der Waals surface area contributed by atoms with Gasteiger partial charge in [0.05, 0.1) is 10.1 Å². The van der Waals surface area contributed by atoms with E-state index in [0.717, 1.165) is 23.5 Å². The van der Waals surface area contributed by atoms with Crippen LogP contribution in [0.4, 0.5) is 5.69 Å². The number of halogens is 1. The number of piperazine rings is 1. The number of fused-ring (bicyclic) bond motifs is 1. The van der Waals surface area contributed by atoms with Crippen LogP contribution in [-0.4, -0.2) is 40.9 Å². The molecule has 0 bridgehead atoms. The zero-order chi connectivity index (χ0) is 19.7. The van der Waals surface area contributed by atoms with Crippen LogP contribution in [0.25, 0.3) is 10.1 Å². The third kappa shape index (κ3) is 3.54. The van der Waals surface area contributed by atoms with Crippen LogP contribution in [0.1, 0.15) is 19.4 Å². The third-order valence-electron chi connectivity index (χ3n) is 5.23. The Morgan fingerprint density at radius 2 is 1.86 bits per heavy atom. The van der Waals surface area contributed by atoms with Crippen LogP contribution >= 0.6 is 23.1 Å². The summed E-state index contributed by atoms with van der Waals surface area (Å²) < 4.78 is 2.57. The fourth-order valence-corrected chi connectivity index (χ4v) is 5.04. The van der Waals surface area contributed by atoms with Crippen LogP contribution in [0.3, 0.4) is 0 Å². The van der Waals surface area contributed by atoms with Crippen LogP contribution in [0.15, 0.2) is 53.3 Å². The third-order valence-corrected chi connectivity index (χ3v) is 6.64. The summed E-state index contributed by atoms with van der Waals surface area (Å²) >= 11 is 7.48. The highest BCUT2D eigenvalue weighted by Gasteiger charge is 2.29. The van der Waals surface area contributed by atoms with Crippen molar-refractivity contribution >= 4 is 44.8 Å². The van der Waals surface area contributed by atoms with Gasteiger partial charge in [0.2, 0.25) is 5.91 Å². The van der Waals surface area contributed by atoms with Gasteiger partial charge in [-0.1, -0.05) is 48.3 Å². The monoisotopic (exact) mass is 415 g/mol. The fraction of sp³-hybridized carbons (Fsp3) is 0.333. The number of nitrogens with zero attached hydrogens (tertiary/aromatic N) is 3. The molecule has 0 aliphatic carbocycles. The first kappa shape index (κ1) is 19.0. The van der Waals surface area contributed by atoms with Gasteiger partial charge in [-0.05, 0) is 36.8 Å². The minimum Gasteiger partial charge on any atom is -0.368 e. The Morgan fingerprint density at radius 3 is 2.54 bits per heavy atom. The molecule has 7 heteroatoms. The number of carbonyl (C=O) groups is 1. The van der Waals surface area contributed by atoms with Crippen molar-refractivity contribution in [1.29, 1.82) is 0 Å². The predicted octanol–water partition coefficient (Wildman–Crippen LogP) is 4.02. The van der Waals surface area contributed by atoms with Crippen LogP contribution in [0, 0.1) is 0 Å². The molecule has 4 rings (SSSR count). The first-order valence-electron chi connectivity index (χ1n) is 9.48. The number of amides is 1. The van der Waals surface area contributed by atoms with Gasteiger partial charge in [-0.2, -0.15) is 0 Å². The van der Waals surface area contributed by atoms with Crippen LogP contribution in [0.2, 0.25) is 5.02 Å². The molecule has 28 heavy (non-hydrogen) atoms. The van der Waals surface area contributed by atoms with E-state index in [0.29, 0.717) is 29.9 Å². The summed E-state index contributed by atoms with van der Waals surface area (Å²) in [6.07, 6.45) is 0.597. The molecule has 0 saturated carbocycles. The van der Waals surface area contributed by atoms with Crippen LogP contribution in [0.5, 0.6) is 0 Å². The molecular formula is C21H22ClN3O2S. The molecule has 1 atom stereocenters. The average Bonchev–Trinajstić information content (AvgIpc) is 3.05. The normalized spacial score (nSPS) is 15.8. The number of benzene rings is 2. The van der Waals surface area contributed by atoms with E-state index in [9.17, 15) is 9.59 Å². The van der Waals surface area contributed by atoms with Crippen molar-refractivity contribution in [2.24, 2.45) is 0 Å². The Bertz CT molecular complexity index is 1050. The van der Waals surface area contributed by atoms with E-state index in [1.54, 1.807) is 3.96 Å². The zero-order valence-electron chi connectivity index (χ0n) is 15.7. The van der Waals surface area contributed by atoms with Crippen LogP contribution < -0.4 is 10.5 Å². The van der Waals surface area contributed by atoms with Gasteiger partial charge >= 0.3 is 0 Å². The predicted molar refractivity (Wildman–Crippen MR) is 116 cm³/mol. The smallest absolute Gasteiger partial charge is 0.269 e. The molecule has 0 radical (unpaired) electrons. The van der Waals surface area contributed by atoms with Crippen molar-refractivity contribution in [3.8, 4) is 0 Å². The Kier molecular flexibility index (Phi) is 5.42. The molecule has 1 aromatic heterocycles. The number of hydrogen-bond acceptors (Lipinski definition) is 4. The lowest BCUT2D eigenvalue weighted by Gasteiger charge is -2.37. The summed E-state index contributed by atoms with van der Waals surface area (Å²) in [6.45, 7) is 4.75. The zero-order valence-corrected chi connectivity index (χ0v) is 17.2. The Morgan fingerprint density at radius 1 is 1.11 bits per heavy atom. The number of hydrogen-bond donors (Lipinski definition) is 0. The lowest BCUT2D eigenvalue weighted by molar-refractivity contribution is -0.135. The Hall–Kier alpha value is -2.31. The van der Waals surface area contributed by atoms with E-state index >= 15 is 0 Å². The maximum absolute atomic E-state index is 13.2. The first-order chi connectivity index (χ1) is 13.6. The van der Waals surface area contributed by atoms with Gasteiger partial charge < -0.3 is 9.80 Å². The van der Waals surface area contributed by atoms with Crippen molar-refractivity contribution in [2.45, 2.75) is 19.4 Å². The van der Waals surface area contributed by atoms with E-state index in [4.69, 9.17) is 11.6 Å². The lowest BCUT2D eigenvalue weighted by Crippen LogP contribution is -2.51. The molecule has 1 aliphatic rings. The van der Waals surface area contributed by atoms with Crippen molar-refractivity contribution in [3.05, 3.63) is 63.9 Å². The lowest BCUT2D eigenvalue weighted by atomic mass is 10.1. The first-order valence-corrected chi connectivity index (χ1v) is 10.6. The summed E-state index contributed by atoms with van der Waals surface area (Å²) in [5, 5.41) is 1.40. The van der Waals surface area contributed by atoms with E-state index < -0.39 is 6.04 Å². The topological polar surface area (TPSA) is 45.6 Å². The molecule has 146 valence electrons. The van der Waals surface area contributed by atoms with Gasteiger partial charge in [-0.3, -0.25) is 13.5 Å². The van der Waals surface area contributed by atoms with E-state index in [1.165, 1.54) is 11.5 Å². The second kappa shape index (κ2) is 7.97. The van der Waals surface area contributed by atoms with Gasteiger partial charge in [0.25, 0.3) is 5.56 Å². The second-order valence-corrected chi connectivity index (χ2v) is 8.39. The number of aromatic nitrogens is 1. The molecule has 5 nitrogen and oxygen atoms in total. The Balaban J connectivity index is 1.50. The molecule has 2 heterocycles. The molecule has 1 amide bonds. The highest BCUT2D eigenvalue weighted by Crippen LogP contribution is 2.25. The fourth-order valence-electron chi connectivity index (χ4n) is 3.70. The quantitative estimate of drug-likeness (QED) is 0.646. The van der Waals surface area contributed by atoms with Crippen molar-refractivity contribution in [3.63, 3.8) is 0 Å². The van der Waals surface area contributed by atoms with Gasteiger partial charge in [0.1, 0.15) is 6.04 Å². The van der Waals surface area contributed by atoms with Crippen LogP contribution in [-0.2, 0) is 4.79 Å². The molecule has 0 spiro atoms. The van der Waals surface area contributed by atoms with E-state index in [-0.39, 0.29) is 11.5 Å². The maximum Gasteiger partial charge on any atom is 0.269 e. The van der Waals surface area contributed by atoms with Crippen molar-refractivity contribution in [2.75, 3.05) is 31.1 Å². The molecule has 1 aliphatic heterocycles. The van der Waals surface area contributed by atoms with E-state index in [2.05, 4.69) is 4.90 Å². The summed E-state index contributed by atoms with van der Waals surface area (Å²) in [7, 11) is 0. The summed E-state index contributed by atoms with van der Waals surface area (Å²) in [5.74, 6) is 0.0295. The van der Waals surface area contributed by atoms with Gasteiger partial charge in [0.15, 0.2) is 0 Å². The summed E-state index contributed by atoms with van der Waals surface area (Å²) in [4.78, 5) is 30.1. The number of anilines is 1.